The monoisotopic (exact) mass is 260 g/mol. The van der Waals surface area contributed by atoms with Crippen molar-refractivity contribution in [2.75, 3.05) is 7.05 Å². The molecule has 2 nitrogen and oxygen atoms in total. The van der Waals surface area contributed by atoms with E-state index in [0.29, 0.717) is 5.41 Å². The minimum Gasteiger partial charge on any atom is -0.299 e. The van der Waals surface area contributed by atoms with E-state index >= 15 is 0 Å². The van der Waals surface area contributed by atoms with Crippen molar-refractivity contribution in [3.63, 3.8) is 0 Å². The smallest absolute Gasteiger partial charge is 0.0312 e. The standard InChI is InChI=1S/C17H28N2/c1-17(2,3)15-7-9-16(10-8-15)19(4)13-14-6-5-11-18-12-14/h5-6,11-12,15-16H,7-10,13H2,1-4H3. The van der Waals surface area contributed by atoms with Crippen molar-refractivity contribution in [3.8, 4) is 0 Å². The Labute approximate surface area is 118 Å². The highest BCUT2D eigenvalue weighted by Gasteiger charge is 2.30. The van der Waals surface area contributed by atoms with Crippen molar-refractivity contribution in [1.82, 2.24) is 9.88 Å². The first-order valence-corrected chi connectivity index (χ1v) is 7.56. The summed E-state index contributed by atoms with van der Waals surface area (Å²) in [5, 5.41) is 0. The van der Waals surface area contributed by atoms with Gasteiger partial charge in [-0.15, -0.1) is 0 Å². The first-order valence-electron chi connectivity index (χ1n) is 7.56. The van der Waals surface area contributed by atoms with Crippen molar-refractivity contribution in [3.05, 3.63) is 30.1 Å². The minimum absolute atomic E-state index is 0.479. The molecule has 1 fully saturated rings. The lowest BCUT2D eigenvalue weighted by molar-refractivity contribution is 0.107. The van der Waals surface area contributed by atoms with Gasteiger partial charge in [-0.2, -0.15) is 0 Å². The van der Waals surface area contributed by atoms with Crippen LogP contribution in [0.25, 0.3) is 0 Å². The molecule has 0 unspecified atom stereocenters. The van der Waals surface area contributed by atoms with E-state index in [9.17, 15) is 0 Å². The van der Waals surface area contributed by atoms with Crippen molar-refractivity contribution < 1.29 is 0 Å². The van der Waals surface area contributed by atoms with E-state index in [1.54, 1.807) is 0 Å². The Kier molecular flexibility index (Phi) is 4.62. The van der Waals surface area contributed by atoms with E-state index in [1.807, 2.05) is 18.5 Å². The molecule has 2 heteroatoms. The highest BCUT2D eigenvalue weighted by molar-refractivity contribution is 5.08. The highest BCUT2D eigenvalue weighted by atomic mass is 15.1. The summed E-state index contributed by atoms with van der Waals surface area (Å²) in [4.78, 5) is 6.71. The third kappa shape index (κ3) is 4.04. The van der Waals surface area contributed by atoms with Crippen LogP contribution in [-0.2, 0) is 6.54 Å². The van der Waals surface area contributed by atoms with Crippen LogP contribution in [0.3, 0.4) is 0 Å². The fourth-order valence-electron chi connectivity index (χ4n) is 3.29. The number of hydrogen-bond donors (Lipinski definition) is 0. The van der Waals surface area contributed by atoms with Crippen LogP contribution < -0.4 is 0 Å². The van der Waals surface area contributed by atoms with Crippen LogP contribution in [0.15, 0.2) is 24.5 Å². The molecule has 0 amide bonds. The van der Waals surface area contributed by atoms with Gasteiger partial charge in [-0.05, 0) is 55.7 Å². The number of nitrogens with zero attached hydrogens (tertiary/aromatic N) is 2. The SMILES string of the molecule is CN(Cc1cccnc1)C1CCC(C(C)(C)C)CC1. The van der Waals surface area contributed by atoms with Gasteiger partial charge in [0.15, 0.2) is 0 Å². The number of pyridine rings is 1. The van der Waals surface area contributed by atoms with Crippen LogP contribution in [-0.4, -0.2) is 23.0 Å². The molecule has 0 spiro atoms. The Balaban J connectivity index is 1.84. The molecular weight excluding hydrogens is 232 g/mol. The number of aromatic nitrogens is 1. The largest absolute Gasteiger partial charge is 0.299 e. The van der Waals surface area contributed by atoms with E-state index < -0.39 is 0 Å². The van der Waals surface area contributed by atoms with Crippen molar-refractivity contribution in [1.29, 1.82) is 0 Å². The van der Waals surface area contributed by atoms with Crippen molar-refractivity contribution in [2.45, 2.75) is 59.0 Å². The molecule has 0 saturated heterocycles. The second-order valence-electron chi connectivity index (χ2n) is 7.15. The maximum atomic E-state index is 4.20. The van der Waals surface area contributed by atoms with E-state index in [1.165, 1.54) is 31.2 Å². The third-order valence-electron chi connectivity index (χ3n) is 4.70. The molecule has 0 N–H and O–H groups in total. The summed E-state index contributed by atoms with van der Waals surface area (Å²) >= 11 is 0. The number of rotatable bonds is 3. The van der Waals surface area contributed by atoms with Crippen molar-refractivity contribution >= 4 is 0 Å². The first-order chi connectivity index (χ1) is 8.97. The van der Waals surface area contributed by atoms with Crippen LogP contribution in [0.1, 0.15) is 52.0 Å². The lowest BCUT2D eigenvalue weighted by atomic mass is 9.71. The zero-order valence-corrected chi connectivity index (χ0v) is 12.9. The van der Waals surface area contributed by atoms with E-state index in [4.69, 9.17) is 0 Å². The van der Waals surface area contributed by atoms with E-state index in [2.05, 4.69) is 43.8 Å². The normalized spacial score (nSPS) is 24.7. The van der Waals surface area contributed by atoms with Gasteiger partial charge in [0.2, 0.25) is 0 Å². The van der Waals surface area contributed by atoms with Crippen LogP contribution in [0.4, 0.5) is 0 Å². The summed E-state index contributed by atoms with van der Waals surface area (Å²) in [6.45, 7) is 8.19. The molecule has 0 bridgehead atoms. The second-order valence-corrected chi connectivity index (χ2v) is 7.15. The molecular formula is C17H28N2. The lowest BCUT2D eigenvalue weighted by Gasteiger charge is -2.40. The fourth-order valence-corrected chi connectivity index (χ4v) is 3.29. The van der Waals surface area contributed by atoms with Gasteiger partial charge in [0.25, 0.3) is 0 Å². The first kappa shape index (κ1) is 14.5. The second kappa shape index (κ2) is 6.04. The Morgan fingerprint density at radius 3 is 2.42 bits per heavy atom. The topological polar surface area (TPSA) is 16.1 Å². The summed E-state index contributed by atoms with van der Waals surface area (Å²) < 4.78 is 0. The maximum absolute atomic E-state index is 4.20. The Hall–Kier alpha value is -0.890. The molecule has 1 heterocycles. The highest BCUT2D eigenvalue weighted by Crippen LogP contribution is 2.38. The maximum Gasteiger partial charge on any atom is 0.0312 e. The molecule has 19 heavy (non-hydrogen) atoms. The summed E-state index contributed by atoms with van der Waals surface area (Å²) in [7, 11) is 2.26. The van der Waals surface area contributed by atoms with E-state index in [-0.39, 0.29) is 0 Å². The van der Waals surface area contributed by atoms with Gasteiger partial charge in [-0.25, -0.2) is 0 Å². The molecule has 0 aromatic carbocycles. The Morgan fingerprint density at radius 1 is 1.21 bits per heavy atom. The lowest BCUT2D eigenvalue weighted by Crippen LogP contribution is -2.37. The predicted molar refractivity (Wildman–Crippen MR) is 80.9 cm³/mol. The van der Waals surface area contributed by atoms with Gasteiger partial charge in [0.05, 0.1) is 0 Å². The zero-order valence-electron chi connectivity index (χ0n) is 12.9. The van der Waals surface area contributed by atoms with E-state index in [0.717, 1.165) is 18.5 Å². The van der Waals surface area contributed by atoms with Crippen LogP contribution in [0.5, 0.6) is 0 Å². The molecule has 1 saturated carbocycles. The van der Waals surface area contributed by atoms with Gasteiger partial charge in [-0.1, -0.05) is 26.8 Å². The molecule has 0 atom stereocenters. The average Bonchev–Trinajstić information content (AvgIpc) is 2.39. The van der Waals surface area contributed by atoms with Gasteiger partial charge in [0.1, 0.15) is 0 Å². The van der Waals surface area contributed by atoms with Gasteiger partial charge >= 0.3 is 0 Å². The third-order valence-corrected chi connectivity index (χ3v) is 4.70. The van der Waals surface area contributed by atoms with Gasteiger partial charge in [0, 0.05) is 25.0 Å². The van der Waals surface area contributed by atoms with Gasteiger partial charge in [-0.3, -0.25) is 9.88 Å². The van der Waals surface area contributed by atoms with Crippen LogP contribution >= 0.6 is 0 Å². The molecule has 1 aliphatic carbocycles. The number of hydrogen-bond acceptors (Lipinski definition) is 2. The predicted octanol–water partition coefficient (Wildman–Crippen LogP) is 4.12. The zero-order chi connectivity index (χ0) is 13.9. The van der Waals surface area contributed by atoms with Gasteiger partial charge < -0.3 is 0 Å². The Morgan fingerprint density at radius 2 is 1.89 bits per heavy atom. The molecule has 1 aliphatic rings. The summed E-state index contributed by atoms with van der Waals surface area (Å²) in [6, 6.07) is 4.95. The minimum atomic E-state index is 0.479. The summed E-state index contributed by atoms with van der Waals surface area (Å²) in [5.74, 6) is 0.899. The quantitative estimate of drug-likeness (QED) is 0.812. The molecule has 0 aliphatic heterocycles. The average molecular weight is 260 g/mol. The fraction of sp³-hybridized carbons (Fsp3) is 0.706. The Bertz CT molecular complexity index is 372. The molecule has 106 valence electrons. The molecule has 1 aromatic rings. The molecule has 2 rings (SSSR count). The summed E-state index contributed by atoms with van der Waals surface area (Å²) in [6.07, 6.45) is 9.28. The molecule has 1 aromatic heterocycles. The van der Waals surface area contributed by atoms with Crippen LogP contribution in [0, 0.1) is 11.3 Å². The van der Waals surface area contributed by atoms with Crippen molar-refractivity contribution in [2.24, 2.45) is 11.3 Å². The molecule has 0 radical (unpaired) electrons. The summed E-state index contributed by atoms with van der Waals surface area (Å²) in [5.41, 5.74) is 1.80. The van der Waals surface area contributed by atoms with Crippen LogP contribution in [0.2, 0.25) is 0 Å².